The van der Waals surface area contributed by atoms with Crippen LogP contribution in [0.3, 0.4) is 0 Å². The Morgan fingerprint density at radius 3 is 3.10 bits per heavy atom. The van der Waals surface area contributed by atoms with Crippen LogP contribution in [0.1, 0.15) is 28.9 Å². The van der Waals surface area contributed by atoms with Gasteiger partial charge < -0.3 is 4.98 Å². The summed E-state index contributed by atoms with van der Waals surface area (Å²) in [7, 11) is 0. The van der Waals surface area contributed by atoms with E-state index < -0.39 is 0 Å². The molecule has 2 aromatic rings. The van der Waals surface area contributed by atoms with Gasteiger partial charge in [-0.3, -0.25) is 10.1 Å². The van der Waals surface area contributed by atoms with Crippen LogP contribution in [0.5, 0.6) is 0 Å². The number of hydrogen-bond donors (Lipinski definition) is 2. The lowest BCUT2D eigenvalue weighted by Crippen LogP contribution is -2.12. The highest BCUT2D eigenvalue weighted by molar-refractivity contribution is 8.13. The number of thioether (sulfide) groups is 1. The number of hydrogen-bond acceptors (Lipinski definition) is 4. The number of nitrogens with zero attached hydrogens (tertiary/aromatic N) is 2. The Morgan fingerprint density at radius 2 is 2.33 bits per heavy atom. The van der Waals surface area contributed by atoms with E-state index in [1.807, 2.05) is 30.6 Å². The third kappa shape index (κ3) is 2.52. The summed E-state index contributed by atoms with van der Waals surface area (Å²) in [5.41, 5.74) is 3.55. The van der Waals surface area contributed by atoms with E-state index >= 15 is 0 Å². The van der Waals surface area contributed by atoms with Crippen molar-refractivity contribution in [3.8, 4) is 6.19 Å². The average Bonchev–Trinajstić information content (AvgIpc) is 2.86. The van der Waals surface area contributed by atoms with Crippen molar-refractivity contribution in [2.45, 2.75) is 19.3 Å². The number of aliphatic imine (C=N–C) groups is 1. The van der Waals surface area contributed by atoms with Crippen LogP contribution >= 0.6 is 11.8 Å². The minimum Gasteiger partial charge on any atom is -0.352 e. The van der Waals surface area contributed by atoms with Crippen LogP contribution in [0.15, 0.2) is 23.2 Å². The number of rotatable bonds is 1. The molecule has 5 nitrogen and oxygen atoms in total. The maximum absolute atomic E-state index is 11.9. The number of nitriles is 1. The van der Waals surface area contributed by atoms with Gasteiger partial charge in [0.05, 0.1) is 11.4 Å². The summed E-state index contributed by atoms with van der Waals surface area (Å²) in [6.07, 6.45) is 6.20. The molecule has 0 unspecified atom stereocenters. The van der Waals surface area contributed by atoms with Gasteiger partial charge in [0.15, 0.2) is 17.1 Å². The van der Waals surface area contributed by atoms with E-state index in [-0.39, 0.29) is 5.78 Å². The second-order valence-electron chi connectivity index (χ2n) is 4.84. The van der Waals surface area contributed by atoms with Crippen molar-refractivity contribution in [3.05, 3.63) is 29.5 Å². The Labute approximate surface area is 126 Å². The van der Waals surface area contributed by atoms with E-state index in [2.05, 4.69) is 15.3 Å². The Bertz CT molecular complexity index is 785. The summed E-state index contributed by atoms with van der Waals surface area (Å²) in [4.78, 5) is 19.5. The van der Waals surface area contributed by atoms with Crippen molar-refractivity contribution < 1.29 is 4.79 Å². The Morgan fingerprint density at radius 1 is 1.48 bits per heavy atom. The van der Waals surface area contributed by atoms with Crippen LogP contribution in [-0.2, 0) is 6.42 Å². The fourth-order valence-electron chi connectivity index (χ4n) is 2.65. The van der Waals surface area contributed by atoms with Crippen molar-refractivity contribution >= 4 is 39.3 Å². The number of H-pyrrole nitrogens is 1. The van der Waals surface area contributed by atoms with E-state index in [0.717, 1.165) is 40.7 Å². The minimum atomic E-state index is 0.188. The summed E-state index contributed by atoms with van der Waals surface area (Å²) in [5.74, 6) is 0.188. The maximum Gasteiger partial charge on any atom is 0.183 e. The summed E-state index contributed by atoms with van der Waals surface area (Å²) in [6.45, 7) is 0. The zero-order chi connectivity index (χ0) is 14.8. The number of carbonyl (C=O) groups is 1. The van der Waals surface area contributed by atoms with Crippen LogP contribution in [0.2, 0.25) is 0 Å². The lowest BCUT2D eigenvalue weighted by Gasteiger charge is -2.09. The molecule has 0 radical (unpaired) electrons. The van der Waals surface area contributed by atoms with Crippen molar-refractivity contribution in [2.75, 3.05) is 6.26 Å². The highest BCUT2D eigenvalue weighted by Gasteiger charge is 2.21. The van der Waals surface area contributed by atoms with Crippen LogP contribution in [-0.4, -0.2) is 22.2 Å². The third-order valence-electron chi connectivity index (χ3n) is 3.59. The number of carbonyl (C=O) groups excluding carboxylic acids is 1. The van der Waals surface area contributed by atoms with Gasteiger partial charge in [0.2, 0.25) is 0 Å². The molecule has 0 atom stereocenters. The number of nitrogens with one attached hydrogen (secondary N) is 2. The van der Waals surface area contributed by atoms with E-state index in [1.54, 1.807) is 0 Å². The van der Waals surface area contributed by atoms with Crippen molar-refractivity contribution in [3.63, 3.8) is 0 Å². The highest BCUT2D eigenvalue weighted by atomic mass is 32.2. The van der Waals surface area contributed by atoms with E-state index in [4.69, 9.17) is 5.26 Å². The number of aromatic nitrogens is 1. The van der Waals surface area contributed by atoms with Crippen molar-refractivity contribution in [1.82, 2.24) is 10.3 Å². The van der Waals surface area contributed by atoms with Gasteiger partial charge in [-0.2, -0.15) is 5.26 Å². The second kappa shape index (κ2) is 5.62. The number of Topliss-reactive ketones (excluding diaryl/α,β-unsaturated/α-hetero) is 1. The van der Waals surface area contributed by atoms with Gasteiger partial charge >= 0.3 is 0 Å². The molecule has 1 aromatic carbocycles. The molecule has 0 saturated carbocycles. The van der Waals surface area contributed by atoms with Gasteiger partial charge in [-0.05, 0) is 36.8 Å². The molecular formula is C15H14N4OS. The molecule has 0 saturated heterocycles. The molecule has 3 rings (SSSR count). The summed E-state index contributed by atoms with van der Waals surface area (Å²) < 4.78 is 0. The third-order valence-corrected chi connectivity index (χ3v) is 4.17. The molecule has 21 heavy (non-hydrogen) atoms. The Balaban J connectivity index is 2.06. The standard InChI is InChI=1S/C15H14N4OS/c1-21-15(17-8-16)18-9-5-6-10-11-3-2-4-13(20)14(11)19-12(10)7-9/h5-7,19H,2-4H2,1H3,(H,17,18). The molecule has 1 aliphatic rings. The molecule has 0 bridgehead atoms. The Hall–Kier alpha value is -2.26. The van der Waals surface area contributed by atoms with Crippen LogP contribution < -0.4 is 5.32 Å². The molecule has 2 N–H and O–H groups in total. The van der Waals surface area contributed by atoms with Gasteiger partial charge in [0, 0.05) is 17.3 Å². The summed E-state index contributed by atoms with van der Waals surface area (Å²) in [6, 6.07) is 5.81. The highest BCUT2D eigenvalue weighted by Crippen LogP contribution is 2.31. The molecule has 0 amide bonds. The predicted molar refractivity (Wildman–Crippen MR) is 84.9 cm³/mol. The molecule has 6 heteroatoms. The second-order valence-corrected chi connectivity index (χ2v) is 5.64. The lowest BCUT2D eigenvalue weighted by atomic mass is 9.95. The molecule has 0 aliphatic heterocycles. The van der Waals surface area contributed by atoms with Gasteiger partial charge in [-0.1, -0.05) is 17.8 Å². The summed E-state index contributed by atoms with van der Waals surface area (Å²) in [5, 5.41) is 12.8. The molecule has 0 fully saturated rings. The number of benzene rings is 1. The van der Waals surface area contributed by atoms with Crippen molar-refractivity contribution in [2.24, 2.45) is 4.99 Å². The average molecular weight is 298 g/mol. The quantitative estimate of drug-likeness (QED) is 0.367. The first kappa shape index (κ1) is 13.7. The van der Waals surface area contributed by atoms with Gasteiger partial charge in [0.1, 0.15) is 0 Å². The topological polar surface area (TPSA) is 81.0 Å². The number of aryl methyl sites for hydroxylation is 1. The number of aromatic amines is 1. The van der Waals surface area contributed by atoms with Crippen LogP contribution in [0.4, 0.5) is 5.69 Å². The van der Waals surface area contributed by atoms with Gasteiger partial charge in [-0.15, -0.1) is 0 Å². The molecule has 0 spiro atoms. The lowest BCUT2D eigenvalue weighted by molar-refractivity contribution is 0.0968. The molecule has 1 aromatic heterocycles. The summed E-state index contributed by atoms with van der Waals surface area (Å²) >= 11 is 1.37. The van der Waals surface area contributed by atoms with Gasteiger partial charge in [0.25, 0.3) is 0 Å². The molecule has 1 heterocycles. The number of amidine groups is 1. The van der Waals surface area contributed by atoms with E-state index in [0.29, 0.717) is 11.6 Å². The molecular weight excluding hydrogens is 284 g/mol. The normalized spacial score (nSPS) is 14.9. The predicted octanol–water partition coefficient (Wildman–Crippen LogP) is 3.11. The smallest absolute Gasteiger partial charge is 0.183 e. The number of ketones is 1. The minimum absolute atomic E-state index is 0.188. The zero-order valence-electron chi connectivity index (χ0n) is 11.6. The fourth-order valence-corrected chi connectivity index (χ4v) is 3.00. The van der Waals surface area contributed by atoms with Crippen LogP contribution in [0.25, 0.3) is 10.9 Å². The first-order valence-corrected chi connectivity index (χ1v) is 7.91. The largest absolute Gasteiger partial charge is 0.352 e. The monoisotopic (exact) mass is 298 g/mol. The molecule has 106 valence electrons. The van der Waals surface area contributed by atoms with Crippen molar-refractivity contribution in [1.29, 1.82) is 5.26 Å². The maximum atomic E-state index is 11.9. The zero-order valence-corrected chi connectivity index (χ0v) is 12.4. The van der Waals surface area contributed by atoms with Crippen LogP contribution in [0, 0.1) is 11.5 Å². The molecule has 1 aliphatic carbocycles. The van der Waals surface area contributed by atoms with Gasteiger partial charge in [-0.25, -0.2) is 4.99 Å². The Kier molecular flexibility index (Phi) is 3.67. The van der Waals surface area contributed by atoms with E-state index in [9.17, 15) is 4.79 Å². The van der Waals surface area contributed by atoms with E-state index in [1.165, 1.54) is 11.8 Å². The fraction of sp³-hybridized carbons (Fsp3) is 0.267. The first-order valence-electron chi connectivity index (χ1n) is 6.68. The number of fused-ring (bicyclic) bond motifs is 3. The SMILES string of the molecule is CSC(=Nc1ccc2c3c([nH]c2c1)C(=O)CCC3)NC#N. The first-order chi connectivity index (χ1) is 10.2.